The molecule has 1 aromatic carbocycles. The lowest BCUT2D eigenvalue weighted by Gasteiger charge is -2.37. The number of amides is 1. The highest BCUT2D eigenvalue weighted by Gasteiger charge is 2.26. The van der Waals surface area contributed by atoms with Crippen LogP contribution in [0.1, 0.15) is 13.8 Å². The average Bonchev–Trinajstić information content (AvgIpc) is 2.60. The predicted octanol–water partition coefficient (Wildman–Crippen LogP) is 1.26. The molecular weight excluding hydrogens is 354 g/mol. The third-order valence-corrected chi connectivity index (χ3v) is 5.64. The predicted molar refractivity (Wildman–Crippen MR) is 103 cm³/mol. The number of anilines is 1. The van der Waals surface area contributed by atoms with Gasteiger partial charge in [0.15, 0.2) is 0 Å². The summed E-state index contributed by atoms with van der Waals surface area (Å²) >= 11 is 0. The minimum Gasteiger partial charge on any atom is -0.497 e. The van der Waals surface area contributed by atoms with Crippen LogP contribution in [0.3, 0.4) is 0 Å². The fraction of sp³-hybridized carbons (Fsp3) is 0.611. The molecule has 1 amide bonds. The number of nitrogens with zero attached hydrogens (tertiary/aromatic N) is 3. The van der Waals surface area contributed by atoms with Gasteiger partial charge in [0.1, 0.15) is 5.75 Å². The van der Waals surface area contributed by atoms with Gasteiger partial charge in [0.2, 0.25) is 15.9 Å². The SMILES string of the molecule is COc1ccc(N2CCN(C(=O)CN(CC(C)C)S(C)(=O)=O)CC2)cc1. The van der Waals surface area contributed by atoms with E-state index in [-0.39, 0.29) is 18.4 Å². The standard InChI is InChI=1S/C18H29N3O4S/c1-15(2)13-21(26(4,23)24)14-18(22)20-11-9-19(10-12-20)16-5-7-17(25-3)8-6-16/h5-8,15H,9-14H2,1-4H3. The minimum atomic E-state index is -3.39. The van der Waals surface area contributed by atoms with E-state index in [0.717, 1.165) is 30.8 Å². The van der Waals surface area contributed by atoms with Crippen molar-refractivity contribution in [1.82, 2.24) is 9.21 Å². The number of methoxy groups -OCH3 is 1. The lowest BCUT2D eigenvalue weighted by atomic mass is 10.2. The van der Waals surface area contributed by atoms with E-state index in [2.05, 4.69) is 4.90 Å². The van der Waals surface area contributed by atoms with E-state index in [1.165, 1.54) is 4.31 Å². The minimum absolute atomic E-state index is 0.0838. The molecule has 146 valence electrons. The van der Waals surface area contributed by atoms with Crippen molar-refractivity contribution in [3.05, 3.63) is 24.3 Å². The fourth-order valence-electron chi connectivity index (χ4n) is 2.98. The van der Waals surface area contributed by atoms with Gasteiger partial charge in [-0.05, 0) is 30.2 Å². The molecule has 26 heavy (non-hydrogen) atoms. The van der Waals surface area contributed by atoms with Gasteiger partial charge in [-0.3, -0.25) is 4.79 Å². The Morgan fingerprint density at radius 3 is 2.19 bits per heavy atom. The second kappa shape index (κ2) is 8.73. The number of hydrogen-bond acceptors (Lipinski definition) is 5. The Balaban J connectivity index is 1.92. The van der Waals surface area contributed by atoms with Crippen molar-refractivity contribution < 1.29 is 17.9 Å². The van der Waals surface area contributed by atoms with E-state index in [1.807, 2.05) is 38.1 Å². The number of rotatable bonds is 7. The van der Waals surface area contributed by atoms with Gasteiger partial charge in [0, 0.05) is 38.4 Å². The van der Waals surface area contributed by atoms with Crippen LogP contribution in [-0.2, 0) is 14.8 Å². The maximum absolute atomic E-state index is 12.5. The fourth-order valence-corrected chi connectivity index (χ4v) is 3.90. The van der Waals surface area contributed by atoms with Crippen LogP contribution in [0.2, 0.25) is 0 Å². The van der Waals surface area contributed by atoms with Crippen molar-refractivity contribution in [3.63, 3.8) is 0 Å². The van der Waals surface area contributed by atoms with E-state index in [0.29, 0.717) is 19.6 Å². The van der Waals surface area contributed by atoms with E-state index in [9.17, 15) is 13.2 Å². The summed E-state index contributed by atoms with van der Waals surface area (Å²) in [7, 11) is -1.75. The maximum Gasteiger partial charge on any atom is 0.238 e. The third-order valence-electron chi connectivity index (χ3n) is 4.42. The first-order valence-electron chi connectivity index (χ1n) is 8.82. The molecule has 8 heteroatoms. The maximum atomic E-state index is 12.5. The molecule has 0 saturated carbocycles. The van der Waals surface area contributed by atoms with Crippen LogP contribution in [-0.4, -0.2) is 76.2 Å². The number of ether oxygens (including phenoxy) is 1. The van der Waals surface area contributed by atoms with E-state index < -0.39 is 10.0 Å². The molecule has 0 atom stereocenters. The van der Waals surface area contributed by atoms with Gasteiger partial charge in [-0.25, -0.2) is 8.42 Å². The lowest BCUT2D eigenvalue weighted by molar-refractivity contribution is -0.131. The highest BCUT2D eigenvalue weighted by molar-refractivity contribution is 7.88. The first kappa shape index (κ1) is 20.5. The number of benzene rings is 1. The average molecular weight is 384 g/mol. The molecule has 0 N–H and O–H groups in total. The number of carbonyl (C=O) groups excluding carboxylic acids is 1. The van der Waals surface area contributed by atoms with Crippen molar-refractivity contribution in [2.45, 2.75) is 13.8 Å². The highest BCUT2D eigenvalue weighted by Crippen LogP contribution is 2.20. The second-order valence-electron chi connectivity index (χ2n) is 7.02. The van der Waals surface area contributed by atoms with Crippen LogP contribution in [0.4, 0.5) is 5.69 Å². The van der Waals surface area contributed by atoms with Crippen molar-refractivity contribution >= 4 is 21.6 Å². The smallest absolute Gasteiger partial charge is 0.238 e. The Morgan fingerprint density at radius 2 is 1.73 bits per heavy atom. The van der Waals surface area contributed by atoms with Crippen molar-refractivity contribution in [2.24, 2.45) is 5.92 Å². The Labute approximate surface area is 156 Å². The molecule has 1 saturated heterocycles. The summed E-state index contributed by atoms with van der Waals surface area (Å²) in [6.07, 6.45) is 1.16. The molecule has 7 nitrogen and oxygen atoms in total. The van der Waals surface area contributed by atoms with Crippen molar-refractivity contribution in [1.29, 1.82) is 0 Å². The molecule has 1 fully saturated rings. The van der Waals surface area contributed by atoms with Crippen LogP contribution in [0.5, 0.6) is 5.75 Å². The van der Waals surface area contributed by atoms with E-state index in [1.54, 1.807) is 12.0 Å². The largest absolute Gasteiger partial charge is 0.497 e. The molecule has 0 aliphatic carbocycles. The van der Waals surface area contributed by atoms with Crippen molar-refractivity contribution in [2.75, 3.05) is 57.5 Å². The monoisotopic (exact) mass is 383 g/mol. The normalized spacial score (nSPS) is 15.6. The molecule has 1 aliphatic heterocycles. The van der Waals surface area contributed by atoms with Gasteiger partial charge in [-0.15, -0.1) is 0 Å². The van der Waals surface area contributed by atoms with Crippen molar-refractivity contribution in [3.8, 4) is 5.75 Å². The summed E-state index contributed by atoms with van der Waals surface area (Å²) in [5, 5.41) is 0. The molecule has 0 radical (unpaired) electrons. The summed E-state index contributed by atoms with van der Waals surface area (Å²) in [5.74, 6) is 0.850. The van der Waals surface area contributed by atoms with Gasteiger partial charge in [0.25, 0.3) is 0 Å². The van der Waals surface area contributed by atoms with Gasteiger partial charge in [-0.2, -0.15) is 4.31 Å². The molecule has 0 spiro atoms. The third kappa shape index (κ3) is 5.60. The van der Waals surface area contributed by atoms with Crippen LogP contribution in [0.25, 0.3) is 0 Å². The van der Waals surface area contributed by atoms with Crippen LogP contribution in [0.15, 0.2) is 24.3 Å². The molecule has 1 heterocycles. The summed E-state index contributed by atoms with van der Waals surface area (Å²) in [6, 6.07) is 7.85. The van der Waals surface area contributed by atoms with Gasteiger partial charge in [-0.1, -0.05) is 13.8 Å². The topological polar surface area (TPSA) is 70.2 Å². The molecule has 0 bridgehead atoms. The summed E-state index contributed by atoms with van der Waals surface area (Å²) in [6.45, 7) is 6.78. The summed E-state index contributed by atoms with van der Waals surface area (Å²) in [5.41, 5.74) is 1.09. The van der Waals surface area contributed by atoms with Gasteiger partial charge in [0.05, 0.1) is 19.9 Å². The summed E-state index contributed by atoms with van der Waals surface area (Å²) in [4.78, 5) is 16.5. The van der Waals surface area contributed by atoms with Crippen LogP contribution in [0, 0.1) is 5.92 Å². The Morgan fingerprint density at radius 1 is 1.15 bits per heavy atom. The molecule has 0 aromatic heterocycles. The zero-order valence-corrected chi connectivity index (χ0v) is 16.8. The van der Waals surface area contributed by atoms with Crippen LogP contribution < -0.4 is 9.64 Å². The van der Waals surface area contributed by atoms with E-state index in [4.69, 9.17) is 4.74 Å². The lowest BCUT2D eigenvalue weighted by Crippen LogP contribution is -2.52. The molecule has 1 aromatic rings. The zero-order chi connectivity index (χ0) is 19.3. The Kier molecular flexibility index (Phi) is 6.88. The molecule has 0 unspecified atom stereocenters. The Bertz CT molecular complexity index is 696. The van der Waals surface area contributed by atoms with Crippen LogP contribution >= 0.6 is 0 Å². The van der Waals surface area contributed by atoms with Gasteiger partial charge < -0.3 is 14.5 Å². The van der Waals surface area contributed by atoms with E-state index >= 15 is 0 Å². The highest BCUT2D eigenvalue weighted by atomic mass is 32.2. The zero-order valence-electron chi connectivity index (χ0n) is 16.0. The van der Waals surface area contributed by atoms with Gasteiger partial charge >= 0.3 is 0 Å². The summed E-state index contributed by atoms with van der Waals surface area (Å²) < 4.78 is 30.3. The number of carbonyl (C=O) groups is 1. The number of hydrogen-bond donors (Lipinski definition) is 0. The molecule has 1 aliphatic rings. The first-order valence-corrected chi connectivity index (χ1v) is 10.7. The first-order chi connectivity index (χ1) is 12.2. The number of sulfonamides is 1. The number of piperazine rings is 1. The Hall–Kier alpha value is -1.80. The molecular formula is C18H29N3O4S. The second-order valence-corrected chi connectivity index (χ2v) is 9.00. The molecule has 2 rings (SSSR count). The quantitative estimate of drug-likeness (QED) is 0.709.